The molecule has 0 spiro atoms. The van der Waals surface area contributed by atoms with Crippen molar-refractivity contribution in [3.05, 3.63) is 21.1 Å². The lowest BCUT2D eigenvalue weighted by molar-refractivity contribution is -0.122. The van der Waals surface area contributed by atoms with Crippen molar-refractivity contribution in [1.82, 2.24) is 4.31 Å². The maximum absolute atomic E-state index is 12.8. The first-order valence-corrected chi connectivity index (χ1v) is 9.30. The Labute approximate surface area is 140 Å². The summed E-state index contributed by atoms with van der Waals surface area (Å²) in [5, 5.41) is 0. The highest BCUT2D eigenvalue weighted by molar-refractivity contribution is 9.11. The Bertz CT molecular complexity index is 655. The molecule has 1 aromatic carbocycles. The SMILES string of the molecule is NC(=O)C1CCCN(S(=O)(=O)c2c(Br)cc(N)cc2Br)C1. The Morgan fingerprint density at radius 2 is 1.86 bits per heavy atom. The molecule has 1 aliphatic heterocycles. The molecule has 0 saturated carbocycles. The van der Waals surface area contributed by atoms with E-state index >= 15 is 0 Å². The molecule has 0 radical (unpaired) electrons. The summed E-state index contributed by atoms with van der Waals surface area (Å²) in [6.45, 7) is 0.482. The molecule has 0 aromatic heterocycles. The molecule has 4 N–H and O–H groups in total. The zero-order valence-corrected chi connectivity index (χ0v) is 15.0. The Morgan fingerprint density at radius 3 is 2.38 bits per heavy atom. The molecule has 6 nitrogen and oxygen atoms in total. The topological polar surface area (TPSA) is 106 Å². The first-order chi connectivity index (χ1) is 9.73. The van der Waals surface area contributed by atoms with Crippen LogP contribution in [0.1, 0.15) is 12.8 Å². The third kappa shape index (κ3) is 3.41. The predicted octanol–water partition coefficient (Wildman–Crippen LogP) is 1.68. The molecule has 116 valence electrons. The lowest BCUT2D eigenvalue weighted by Gasteiger charge is -2.30. The van der Waals surface area contributed by atoms with Gasteiger partial charge in [-0.05, 0) is 56.8 Å². The minimum absolute atomic E-state index is 0.112. The molecule has 2 rings (SSSR count). The first kappa shape index (κ1) is 16.7. The van der Waals surface area contributed by atoms with Gasteiger partial charge in [0.15, 0.2) is 0 Å². The van der Waals surface area contributed by atoms with E-state index in [0.717, 1.165) is 0 Å². The molecule has 1 amide bonds. The van der Waals surface area contributed by atoms with Gasteiger partial charge in [-0.3, -0.25) is 4.79 Å². The van der Waals surface area contributed by atoms with Gasteiger partial charge in [0.1, 0.15) is 4.90 Å². The van der Waals surface area contributed by atoms with Gasteiger partial charge in [-0.2, -0.15) is 4.31 Å². The van der Waals surface area contributed by atoms with Gasteiger partial charge < -0.3 is 11.5 Å². The van der Waals surface area contributed by atoms with Crippen molar-refractivity contribution < 1.29 is 13.2 Å². The number of sulfonamides is 1. The molecule has 1 fully saturated rings. The molecule has 0 aliphatic carbocycles. The molecule has 1 heterocycles. The summed E-state index contributed by atoms with van der Waals surface area (Å²) in [7, 11) is -3.73. The lowest BCUT2D eigenvalue weighted by Crippen LogP contribution is -2.44. The van der Waals surface area contributed by atoms with Crippen LogP contribution in [0.3, 0.4) is 0 Å². The van der Waals surface area contributed by atoms with Crippen molar-refractivity contribution in [2.45, 2.75) is 17.7 Å². The van der Waals surface area contributed by atoms with Gasteiger partial charge >= 0.3 is 0 Å². The second-order valence-corrected chi connectivity index (χ2v) is 8.50. The number of nitrogens with zero attached hydrogens (tertiary/aromatic N) is 1. The van der Waals surface area contributed by atoms with Gasteiger partial charge in [-0.1, -0.05) is 0 Å². The van der Waals surface area contributed by atoms with Crippen molar-refractivity contribution in [2.24, 2.45) is 11.7 Å². The number of amides is 1. The quantitative estimate of drug-likeness (QED) is 0.697. The van der Waals surface area contributed by atoms with Crippen LogP contribution >= 0.6 is 31.9 Å². The first-order valence-electron chi connectivity index (χ1n) is 6.27. The van der Waals surface area contributed by atoms with Crippen LogP contribution in [0.2, 0.25) is 0 Å². The second-order valence-electron chi connectivity index (χ2n) is 4.92. The zero-order chi connectivity index (χ0) is 15.8. The average molecular weight is 441 g/mol. The van der Waals surface area contributed by atoms with Gasteiger partial charge in [-0.15, -0.1) is 0 Å². The number of nitrogens with two attached hydrogens (primary N) is 2. The number of hydrogen-bond acceptors (Lipinski definition) is 4. The number of primary amides is 1. The van der Waals surface area contributed by atoms with E-state index in [0.29, 0.717) is 34.0 Å². The van der Waals surface area contributed by atoms with E-state index in [1.54, 1.807) is 0 Å². The Hall–Kier alpha value is -0.640. The maximum Gasteiger partial charge on any atom is 0.245 e. The van der Waals surface area contributed by atoms with Gasteiger partial charge in [0.25, 0.3) is 0 Å². The number of nitrogen functional groups attached to an aromatic ring is 1. The van der Waals surface area contributed by atoms with Crippen molar-refractivity contribution in [3.63, 3.8) is 0 Å². The number of hydrogen-bond donors (Lipinski definition) is 2. The van der Waals surface area contributed by atoms with Crippen molar-refractivity contribution >= 4 is 53.5 Å². The van der Waals surface area contributed by atoms with Crippen molar-refractivity contribution in [1.29, 1.82) is 0 Å². The van der Waals surface area contributed by atoms with E-state index in [2.05, 4.69) is 31.9 Å². The molecule has 1 atom stereocenters. The van der Waals surface area contributed by atoms with E-state index in [1.807, 2.05) is 0 Å². The molecule has 1 saturated heterocycles. The van der Waals surface area contributed by atoms with E-state index in [9.17, 15) is 13.2 Å². The van der Waals surface area contributed by atoms with E-state index in [1.165, 1.54) is 16.4 Å². The van der Waals surface area contributed by atoms with Crippen LogP contribution in [0.5, 0.6) is 0 Å². The van der Waals surface area contributed by atoms with Crippen LogP contribution in [0.25, 0.3) is 0 Å². The predicted molar refractivity (Wildman–Crippen MR) is 86.9 cm³/mol. The third-order valence-electron chi connectivity index (χ3n) is 3.40. The second kappa shape index (κ2) is 6.23. The van der Waals surface area contributed by atoms with Crippen LogP contribution in [-0.4, -0.2) is 31.7 Å². The number of halogens is 2. The number of rotatable bonds is 3. The fraction of sp³-hybridized carbons (Fsp3) is 0.417. The van der Waals surface area contributed by atoms with E-state index in [-0.39, 0.29) is 11.4 Å². The maximum atomic E-state index is 12.8. The summed E-state index contributed by atoms with van der Waals surface area (Å²) in [6, 6.07) is 3.07. The summed E-state index contributed by atoms with van der Waals surface area (Å²) < 4.78 is 27.6. The number of carbonyl (C=O) groups excluding carboxylic acids is 1. The van der Waals surface area contributed by atoms with Crippen LogP contribution in [0.4, 0.5) is 5.69 Å². The summed E-state index contributed by atoms with van der Waals surface area (Å²) >= 11 is 6.47. The Morgan fingerprint density at radius 1 is 1.29 bits per heavy atom. The van der Waals surface area contributed by atoms with E-state index < -0.39 is 21.8 Å². The van der Waals surface area contributed by atoms with Crippen LogP contribution in [0, 0.1) is 5.92 Å². The number of anilines is 1. The minimum atomic E-state index is -3.73. The summed E-state index contributed by atoms with van der Waals surface area (Å²) in [6.07, 6.45) is 1.22. The largest absolute Gasteiger partial charge is 0.399 e. The molecular formula is C12H15Br2N3O3S. The smallest absolute Gasteiger partial charge is 0.245 e. The van der Waals surface area contributed by atoms with Crippen LogP contribution in [-0.2, 0) is 14.8 Å². The van der Waals surface area contributed by atoms with Gasteiger partial charge in [0.2, 0.25) is 15.9 Å². The fourth-order valence-corrected chi connectivity index (χ4v) is 6.41. The molecule has 21 heavy (non-hydrogen) atoms. The van der Waals surface area contributed by atoms with Crippen LogP contribution < -0.4 is 11.5 Å². The van der Waals surface area contributed by atoms with Gasteiger partial charge in [0, 0.05) is 27.7 Å². The average Bonchev–Trinajstić information content (AvgIpc) is 2.37. The number of piperidine rings is 1. The van der Waals surface area contributed by atoms with Crippen molar-refractivity contribution in [3.8, 4) is 0 Å². The zero-order valence-electron chi connectivity index (χ0n) is 11.1. The Balaban J connectivity index is 2.41. The molecule has 0 bridgehead atoms. The standard InChI is InChI=1S/C12H15Br2N3O3S/c13-9-4-8(15)5-10(14)11(9)21(19,20)17-3-1-2-7(6-17)12(16)18/h4-5,7H,1-3,6,15H2,(H2,16,18). The minimum Gasteiger partial charge on any atom is -0.399 e. The summed E-state index contributed by atoms with van der Waals surface area (Å²) in [5.41, 5.74) is 11.4. The molecular weight excluding hydrogens is 426 g/mol. The third-order valence-corrected chi connectivity index (χ3v) is 7.15. The van der Waals surface area contributed by atoms with Gasteiger partial charge in [-0.25, -0.2) is 8.42 Å². The number of carbonyl (C=O) groups is 1. The molecule has 1 aliphatic rings. The summed E-state index contributed by atoms with van der Waals surface area (Å²) in [5.74, 6) is -0.912. The van der Waals surface area contributed by atoms with E-state index in [4.69, 9.17) is 11.5 Å². The Kier molecular flexibility index (Phi) is 4.96. The lowest BCUT2D eigenvalue weighted by atomic mass is 9.99. The van der Waals surface area contributed by atoms with Gasteiger partial charge in [0.05, 0.1) is 5.92 Å². The molecule has 1 unspecified atom stereocenters. The summed E-state index contributed by atoms with van der Waals surface area (Å²) in [4.78, 5) is 11.4. The highest BCUT2D eigenvalue weighted by atomic mass is 79.9. The van der Waals surface area contributed by atoms with Crippen molar-refractivity contribution in [2.75, 3.05) is 18.8 Å². The normalized spacial score (nSPS) is 20.4. The monoisotopic (exact) mass is 439 g/mol. The highest BCUT2D eigenvalue weighted by Crippen LogP contribution is 2.35. The number of benzene rings is 1. The fourth-order valence-electron chi connectivity index (χ4n) is 2.35. The molecule has 1 aromatic rings. The van der Waals surface area contributed by atoms with Crippen LogP contribution in [0.15, 0.2) is 26.0 Å². The molecule has 9 heteroatoms. The highest BCUT2D eigenvalue weighted by Gasteiger charge is 2.34.